The predicted octanol–water partition coefficient (Wildman–Crippen LogP) is 3.14. The summed E-state index contributed by atoms with van der Waals surface area (Å²) in [6.45, 7) is 2.48. The van der Waals surface area contributed by atoms with Crippen molar-refractivity contribution in [1.82, 2.24) is 0 Å². The van der Waals surface area contributed by atoms with Crippen molar-refractivity contribution in [3.05, 3.63) is 65.2 Å². The van der Waals surface area contributed by atoms with Gasteiger partial charge in [-0.15, -0.1) is 0 Å². The number of hydrogen-bond donors (Lipinski definition) is 0. The van der Waals surface area contributed by atoms with Gasteiger partial charge in [0.25, 0.3) is 0 Å². The van der Waals surface area contributed by atoms with Crippen LogP contribution in [0.1, 0.15) is 22.8 Å². The van der Waals surface area contributed by atoms with Crippen LogP contribution >= 0.6 is 0 Å². The number of fused-ring (bicyclic) bond motifs is 1. The summed E-state index contributed by atoms with van der Waals surface area (Å²) >= 11 is 0. The van der Waals surface area contributed by atoms with Gasteiger partial charge in [-0.2, -0.15) is 0 Å². The molecule has 118 valence electrons. The molecule has 0 spiro atoms. The smallest absolute Gasteiger partial charge is 0.191 e. The Morgan fingerprint density at radius 3 is 2.48 bits per heavy atom. The van der Waals surface area contributed by atoms with Gasteiger partial charge in [0.15, 0.2) is 15.6 Å². The van der Waals surface area contributed by atoms with Gasteiger partial charge in [0.05, 0.1) is 17.3 Å². The van der Waals surface area contributed by atoms with E-state index in [9.17, 15) is 13.2 Å². The average Bonchev–Trinajstić information content (AvgIpc) is 2.54. The molecule has 23 heavy (non-hydrogen) atoms. The molecule has 0 saturated carbocycles. The molecule has 1 heterocycles. The first-order valence-corrected chi connectivity index (χ1v) is 8.96. The Morgan fingerprint density at radius 1 is 1.09 bits per heavy atom. The molecular formula is C18H16O4S. The number of carbonyl (C=O) groups excluding carboxylic acids is 1. The number of sulfone groups is 1. The van der Waals surface area contributed by atoms with E-state index in [0.29, 0.717) is 6.61 Å². The highest BCUT2D eigenvalue weighted by Gasteiger charge is 2.32. The zero-order chi connectivity index (χ0) is 16.4. The summed E-state index contributed by atoms with van der Waals surface area (Å²) in [4.78, 5) is 12.6. The monoisotopic (exact) mass is 328 g/mol. The highest BCUT2D eigenvalue weighted by molar-refractivity contribution is 7.91. The highest BCUT2D eigenvalue weighted by atomic mass is 32.2. The van der Waals surface area contributed by atoms with Crippen molar-refractivity contribution in [3.63, 3.8) is 0 Å². The fourth-order valence-corrected chi connectivity index (χ4v) is 4.14. The van der Waals surface area contributed by atoms with Gasteiger partial charge in [0.1, 0.15) is 5.75 Å². The number of carbonyl (C=O) groups is 1. The molecule has 4 nitrogen and oxygen atoms in total. The Labute approximate surface area is 135 Å². The molecule has 0 bridgehead atoms. The molecule has 3 rings (SSSR count). The second-order valence-corrected chi connectivity index (χ2v) is 7.21. The Morgan fingerprint density at radius 2 is 1.78 bits per heavy atom. The van der Waals surface area contributed by atoms with Crippen LogP contribution in [0.4, 0.5) is 0 Å². The lowest BCUT2D eigenvalue weighted by atomic mass is 10.0. The van der Waals surface area contributed by atoms with Gasteiger partial charge in [-0.25, -0.2) is 8.42 Å². The number of ketones is 1. The Balaban J connectivity index is 1.99. The van der Waals surface area contributed by atoms with Gasteiger partial charge >= 0.3 is 0 Å². The SMILES string of the molecule is CCOc1ccc(/C=C2\CS(=O)(=O)c3ccccc3C2=O)cc1. The van der Waals surface area contributed by atoms with Crippen molar-refractivity contribution < 1.29 is 17.9 Å². The third kappa shape index (κ3) is 3.05. The van der Waals surface area contributed by atoms with Crippen LogP contribution in [0.5, 0.6) is 5.75 Å². The minimum absolute atomic E-state index is 0.119. The maximum absolute atomic E-state index is 12.5. The number of benzene rings is 2. The van der Waals surface area contributed by atoms with E-state index < -0.39 is 9.84 Å². The molecule has 1 aliphatic heterocycles. The minimum atomic E-state index is -3.47. The molecule has 0 saturated heterocycles. The zero-order valence-corrected chi connectivity index (χ0v) is 13.5. The van der Waals surface area contributed by atoms with Crippen LogP contribution in [0.15, 0.2) is 59.0 Å². The van der Waals surface area contributed by atoms with E-state index >= 15 is 0 Å². The van der Waals surface area contributed by atoms with Gasteiger partial charge in [0, 0.05) is 11.1 Å². The summed E-state index contributed by atoms with van der Waals surface area (Å²) in [7, 11) is -3.47. The van der Waals surface area contributed by atoms with Gasteiger partial charge < -0.3 is 4.74 Å². The first-order valence-electron chi connectivity index (χ1n) is 7.31. The first-order chi connectivity index (χ1) is 11.0. The Kier molecular flexibility index (Phi) is 4.05. The molecule has 0 unspecified atom stereocenters. The second kappa shape index (κ2) is 6.01. The third-order valence-corrected chi connectivity index (χ3v) is 5.35. The first kappa shape index (κ1) is 15.5. The van der Waals surface area contributed by atoms with E-state index in [1.165, 1.54) is 6.07 Å². The molecule has 0 fully saturated rings. The summed E-state index contributed by atoms with van der Waals surface area (Å²) < 4.78 is 30.1. The number of hydrogen-bond acceptors (Lipinski definition) is 4. The van der Waals surface area contributed by atoms with E-state index in [0.717, 1.165) is 11.3 Å². The molecule has 1 aliphatic rings. The zero-order valence-electron chi connectivity index (χ0n) is 12.7. The van der Waals surface area contributed by atoms with E-state index in [-0.39, 0.29) is 27.6 Å². The maximum Gasteiger partial charge on any atom is 0.191 e. The molecule has 5 heteroatoms. The van der Waals surface area contributed by atoms with Crippen LogP contribution in [-0.2, 0) is 9.84 Å². The molecule has 0 amide bonds. The number of ether oxygens (including phenoxy) is 1. The molecule has 2 aromatic rings. The van der Waals surface area contributed by atoms with Crippen LogP contribution in [-0.4, -0.2) is 26.6 Å². The normalized spacial score (nSPS) is 17.8. The summed E-state index contributed by atoms with van der Waals surface area (Å²) in [5.74, 6) is 0.239. The van der Waals surface area contributed by atoms with Gasteiger partial charge in [-0.1, -0.05) is 24.3 Å². The van der Waals surface area contributed by atoms with Crippen LogP contribution < -0.4 is 4.74 Å². The van der Waals surface area contributed by atoms with Crippen LogP contribution in [0.2, 0.25) is 0 Å². The van der Waals surface area contributed by atoms with Crippen molar-refractivity contribution in [2.75, 3.05) is 12.4 Å². The Hall–Kier alpha value is -2.40. The third-order valence-electron chi connectivity index (χ3n) is 3.64. The van der Waals surface area contributed by atoms with E-state index in [2.05, 4.69) is 0 Å². The van der Waals surface area contributed by atoms with Crippen molar-refractivity contribution >= 4 is 21.7 Å². The van der Waals surface area contributed by atoms with Crippen molar-refractivity contribution in [2.45, 2.75) is 11.8 Å². The quantitative estimate of drug-likeness (QED) is 0.812. The van der Waals surface area contributed by atoms with Gasteiger partial charge in [-0.05, 0) is 42.8 Å². The van der Waals surface area contributed by atoms with Crippen LogP contribution in [0, 0.1) is 0 Å². The lowest BCUT2D eigenvalue weighted by molar-refractivity contribution is 0.103. The molecule has 0 aromatic heterocycles. The van der Waals surface area contributed by atoms with Crippen molar-refractivity contribution in [2.24, 2.45) is 0 Å². The van der Waals surface area contributed by atoms with Crippen molar-refractivity contribution in [1.29, 1.82) is 0 Å². The fourth-order valence-electron chi connectivity index (χ4n) is 2.58. The molecular weight excluding hydrogens is 312 g/mol. The fraction of sp³-hybridized carbons (Fsp3) is 0.167. The lowest BCUT2D eigenvalue weighted by Crippen LogP contribution is -2.24. The van der Waals surface area contributed by atoms with E-state index in [1.807, 2.05) is 6.92 Å². The lowest BCUT2D eigenvalue weighted by Gasteiger charge is -2.17. The van der Waals surface area contributed by atoms with E-state index in [4.69, 9.17) is 4.74 Å². The van der Waals surface area contributed by atoms with Crippen molar-refractivity contribution in [3.8, 4) is 5.75 Å². The summed E-state index contributed by atoms with van der Waals surface area (Å²) in [5.41, 5.74) is 1.30. The Bertz CT molecular complexity index is 877. The van der Waals surface area contributed by atoms with E-state index in [1.54, 1.807) is 48.5 Å². The standard InChI is InChI=1S/C18H16O4S/c1-2-22-15-9-7-13(8-10-15)11-14-12-23(20,21)17-6-4-3-5-16(17)18(14)19/h3-11H,2,12H2,1H3/b14-11+. The topological polar surface area (TPSA) is 60.4 Å². The molecule has 0 aliphatic carbocycles. The highest BCUT2D eigenvalue weighted by Crippen LogP contribution is 2.29. The summed E-state index contributed by atoms with van der Waals surface area (Å²) in [6, 6.07) is 13.5. The predicted molar refractivity (Wildman–Crippen MR) is 88.4 cm³/mol. The van der Waals surface area contributed by atoms with Gasteiger partial charge in [-0.3, -0.25) is 4.79 Å². The average molecular weight is 328 g/mol. The molecule has 2 aromatic carbocycles. The molecule has 0 radical (unpaired) electrons. The number of Topliss-reactive ketones (excluding diaryl/α,β-unsaturated/α-hetero) is 1. The molecule has 0 atom stereocenters. The summed E-state index contributed by atoms with van der Waals surface area (Å²) in [6.07, 6.45) is 1.63. The van der Waals surface area contributed by atoms with Crippen LogP contribution in [0.3, 0.4) is 0 Å². The summed E-state index contributed by atoms with van der Waals surface area (Å²) in [5, 5.41) is 0. The van der Waals surface area contributed by atoms with Gasteiger partial charge in [0.2, 0.25) is 0 Å². The maximum atomic E-state index is 12.5. The largest absolute Gasteiger partial charge is 0.494 e. The van der Waals surface area contributed by atoms with Crippen LogP contribution in [0.25, 0.3) is 6.08 Å². The number of rotatable bonds is 3. The second-order valence-electron chi connectivity index (χ2n) is 5.26. The minimum Gasteiger partial charge on any atom is -0.494 e. The molecule has 0 N–H and O–H groups in total.